The van der Waals surface area contributed by atoms with Crippen molar-refractivity contribution < 1.29 is 9.59 Å². The number of carbonyl (C=O) groups is 2. The third-order valence-electron chi connectivity index (χ3n) is 2.83. The van der Waals surface area contributed by atoms with Crippen molar-refractivity contribution in [1.82, 2.24) is 10.6 Å². The molecule has 1 atom stereocenters. The van der Waals surface area contributed by atoms with Crippen molar-refractivity contribution >= 4 is 24.2 Å². The van der Waals surface area contributed by atoms with Crippen LogP contribution < -0.4 is 16.4 Å². The second-order valence-corrected chi connectivity index (χ2v) is 4.10. The number of halogens is 1. The van der Waals surface area contributed by atoms with Crippen molar-refractivity contribution in [2.45, 2.75) is 12.5 Å². The minimum Gasteiger partial charge on any atom is -0.366 e. The van der Waals surface area contributed by atoms with E-state index >= 15 is 0 Å². The monoisotopic (exact) mass is 269 g/mol. The molecule has 4 N–H and O–H groups in total. The highest BCUT2D eigenvalue weighted by Crippen LogP contribution is 2.05. The Bertz CT molecular complexity index is 427. The average Bonchev–Trinajstić information content (AvgIpc) is 2.82. The first-order valence-corrected chi connectivity index (χ1v) is 5.58. The van der Waals surface area contributed by atoms with E-state index in [0.29, 0.717) is 11.1 Å². The van der Waals surface area contributed by atoms with E-state index in [9.17, 15) is 9.59 Å². The molecule has 1 aliphatic rings. The number of nitrogens with one attached hydrogen (secondary N) is 2. The molecule has 1 fully saturated rings. The summed E-state index contributed by atoms with van der Waals surface area (Å²) < 4.78 is 0. The number of rotatable bonds is 3. The Labute approximate surface area is 112 Å². The molecule has 0 bridgehead atoms. The molecule has 0 aromatic heterocycles. The summed E-state index contributed by atoms with van der Waals surface area (Å²) in [7, 11) is 0. The predicted octanol–water partition coefficient (Wildman–Crippen LogP) is 0.299. The Morgan fingerprint density at radius 1 is 1.22 bits per heavy atom. The maximum Gasteiger partial charge on any atom is 0.251 e. The van der Waals surface area contributed by atoms with E-state index in [-0.39, 0.29) is 24.4 Å². The van der Waals surface area contributed by atoms with Crippen LogP contribution in [-0.2, 0) is 0 Å². The zero-order chi connectivity index (χ0) is 12.3. The maximum atomic E-state index is 11.8. The minimum atomic E-state index is -0.489. The minimum absolute atomic E-state index is 0. The Morgan fingerprint density at radius 3 is 2.33 bits per heavy atom. The predicted molar refractivity (Wildman–Crippen MR) is 70.9 cm³/mol. The van der Waals surface area contributed by atoms with E-state index in [2.05, 4.69) is 10.6 Å². The van der Waals surface area contributed by atoms with Gasteiger partial charge in [-0.2, -0.15) is 0 Å². The Morgan fingerprint density at radius 2 is 1.83 bits per heavy atom. The van der Waals surface area contributed by atoms with Crippen LogP contribution in [0.1, 0.15) is 27.1 Å². The molecule has 1 unspecified atom stereocenters. The molecule has 1 heterocycles. The summed E-state index contributed by atoms with van der Waals surface area (Å²) in [5.41, 5.74) is 6.07. The molecule has 6 heteroatoms. The van der Waals surface area contributed by atoms with Gasteiger partial charge >= 0.3 is 0 Å². The number of hydrogen-bond donors (Lipinski definition) is 3. The number of amides is 2. The molecular formula is C12H16ClN3O2. The third kappa shape index (κ3) is 3.45. The van der Waals surface area contributed by atoms with Crippen molar-refractivity contribution in [3.8, 4) is 0 Å². The van der Waals surface area contributed by atoms with Gasteiger partial charge in [0.2, 0.25) is 5.91 Å². The van der Waals surface area contributed by atoms with E-state index in [1.54, 1.807) is 24.3 Å². The molecule has 98 valence electrons. The number of carbonyl (C=O) groups excluding carboxylic acids is 2. The zero-order valence-electron chi connectivity index (χ0n) is 9.81. The summed E-state index contributed by atoms with van der Waals surface area (Å²) in [5, 5.41) is 6.10. The molecule has 0 spiro atoms. The highest BCUT2D eigenvalue weighted by Gasteiger charge is 2.17. The molecule has 18 heavy (non-hydrogen) atoms. The Kier molecular flexibility index (Phi) is 5.12. The number of benzene rings is 1. The summed E-state index contributed by atoms with van der Waals surface area (Å²) in [6.07, 6.45) is 0.950. The summed E-state index contributed by atoms with van der Waals surface area (Å²) in [4.78, 5) is 22.7. The van der Waals surface area contributed by atoms with Crippen molar-refractivity contribution in [3.63, 3.8) is 0 Å². The lowest BCUT2D eigenvalue weighted by Crippen LogP contribution is -2.36. The lowest BCUT2D eigenvalue weighted by molar-refractivity contribution is 0.0937. The Hall–Kier alpha value is -1.59. The standard InChI is InChI=1S/C12H15N3O2.ClH/c13-11(16)8-1-3-9(4-2-8)12(17)15-10-5-6-14-7-10;/h1-4,10,14H,5-7H2,(H2,13,16)(H,15,17);1H. The lowest BCUT2D eigenvalue weighted by Gasteiger charge is -2.11. The topological polar surface area (TPSA) is 84.2 Å². The highest BCUT2D eigenvalue weighted by atomic mass is 35.5. The van der Waals surface area contributed by atoms with Crippen LogP contribution in [0.25, 0.3) is 0 Å². The van der Waals surface area contributed by atoms with Gasteiger partial charge in [0.15, 0.2) is 0 Å². The first-order chi connectivity index (χ1) is 8.16. The fourth-order valence-electron chi connectivity index (χ4n) is 1.83. The normalized spacial score (nSPS) is 17.9. The van der Waals surface area contributed by atoms with Gasteiger partial charge in [0.05, 0.1) is 0 Å². The van der Waals surface area contributed by atoms with E-state index < -0.39 is 5.91 Å². The van der Waals surface area contributed by atoms with Crippen LogP contribution in [0.2, 0.25) is 0 Å². The summed E-state index contributed by atoms with van der Waals surface area (Å²) in [6.45, 7) is 1.75. The molecule has 1 aromatic carbocycles. The maximum absolute atomic E-state index is 11.8. The van der Waals surface area contributed by atoms with Crippen LogP contribution in [0.15, 0.2) is 24.3 Å². The molecule has 2 rings (SSSR count). The van der Waals surface area contributed by atoms with E-state index in [1.807, 2.05) is 0 Å². The van der Waals surface area contributed by atoms with Crippen LogP contribution in [0.5, 0.6) is 0 Å². The molecule has 0 aliphatic carbocycles. The second kappa shape index (κ2) is 6.37. The van der Waals surface area contributed by atoms with E-state index in [4.69, 9.17) is 5.73 Å². The second-order valence-electron chi connectivity index (χ2n) is 4.10. The summed E-state index contributed by atoms with van der Waals surface area (Å²) >= 11 is 0. The first-order valence-electron chi connectivity index (χ1n) is 5.58. The van der Waals surface area contributed by atoms with E-state index in [0.717, 1.165) is 19.5 Å². The molecule has 5 nitrogen and oxygen atoms in total. The van der Waals surface area contributed by atoms with Gasteiger partial charge in [-0.3, -0.25) is 9.59 Å². The molecule has 0 radical (unpaired) electrons. The number of nitrogens with two attached hydrogens (primary N) is 1. The van der Waals surface area contributed by atoms with Crippen molar-refractivity contribution in [3.05, 3.63) is 35.4 Å². The molecule has 1 saturated heterocycles. The fourth-order valence-corrected chi connectivity index (χ4v) is 1.83. The molecule has 2 amide bonds. The van der Waals surface area contributed by atoms with Gasteiger partial charge in [-0.15, -0.1) is 12.4 Å². The number of hydrogen-bond acceptors (Lipinski definition) is 3. The quantitative estimate of drug-likeness (QED) is 0.738. The van der Waals surface area contributed by atoms with Crippen LogP contribution in [0.3, 0.4) is 0 Å². The van der Waals surface area contributed by atoms with Gasteiger partial charge in [0.1, 0.15) is 0 Å². The van der Waals surface area contributed by atoms with Crippen LogP contribution in [-0.4, -0.2) is 30.9 Å². The first kappa shape index (κ1) is 14.5. The van der Waals surface area contributed by atoms with Crippen molar-refractivity contribution in [2.24, 2.45) is 5.73 Å². The van der Waals surface area contributed by atoms with Gasteiger partial charge in [-0.05, 0) is 37.2 Å². The summed E-state index contributed by atoms with van der Waals surface area (Å²) in [5.74, 6) is -0.605. The fraction of sp³-hybridized carbons (Fsp3) is 0.333. The number of primary amides is 1. The van der Waals surface area contributed by atoms with Gasteiger partial charge in [-0.25, -0.2) is 0 Å². The summed E-state index contributed by atoms with van der Waals surface area (Å²) in [6, 6.07) is 6.53. The SMILES string of the molecule is Cl.NC(=O)c1ccc(C(=O)NC2CCNC2)cc1. The van der Waals surface area contributed by atoms with Crippen LogP contribution in [0.4, 0.5) is 0 Å². The van der Waals surface area contributed by atoms with E-state index in [1.165, 1.54) is 0 Å². The molecule has 1 aromatic rings. The largest absolute Gasteiger partial charge is 0.366 e. The highest BCUT2D eigenvalue weighted by molar-refractivity contribution is 5.97. The van der Waals surface area contributed by atoms with Crippen molar-refractivity contribution in [2.75, 3.05) is 13.1 Å². The van der Waals surface area contributed by atoms with Gasteiger partial charge in [0.25, 0.3) is 5.91 Å². The van der Waals surface area contributed by atoms with Gasteiger partial charge in [-0.1, -0.05) is 0 Å². The molecule has 1 aliphatic heterocycles. The van der Waals surface area contributed by atoms with Crippen LogP contribution >= 0.6 is 12.4 Å². The van der Waals surface area contributed by atoms with Gasteiger partial charge < -0.3 is 16.4 Å². The third-order valence-corrected chi connectivity index (χ3v) is 2.83. The molecular weight excluding hydrogens is 254 g/mol. The Balaban J connectivity index is 0.00000162. The smallest absolute Gasteiger partial charge is 0.251 e. The van der Waals surface area contributed by atoms with Crippen LogP contribution in [0, 0.1) is 0 Å². The molecule has 0 saturated carbocycles. The van der Waals surface area contributed by atoms with Crippen molar-refractivity contribution in [1.29, 1.82) is 0 Å². The lowest BCUT2D eigenvalue weighted by atomic mass is 10.1. The average molecular weight is 270 g/mol. The van der Waals surface area contributed by atoms with Gasteiger partial charge in [0, 0.05) is 23.7 Å². The zero-order valence-corrected chi connectivity index (χ0v) is 10.6.